The van der Waals surface area contributed by atoms with E-state index in [9.17, 15) is 29.2 Å². The maximum Gasteiger partial charge on any atom is 0.262 e. The smallest absolute Gasteiger partial charge is 0.262 e. The molecular weight excluding hydrogens is 765 g/mol. The molecule has 5 amide bonds. The Hall–Kier alpha value is -5.52. The van der Waals surface area contributed by atoms with E-state index in [4.69, 9.17) is 16.3 Å². The molecule has 3 saturated heterocycles. The summed E-state index contributed by atoms with van der Waals surface area (Å²) in [6.45, 7) is 11.6. The van der Waals surface area contributed by atoms with Crippen LogP contribution in [-0.4, -0.2) is 109 Å². The van der Waals surface area contributed by atoms with E-state index < -0.39 is 35.3 Å². The predicted molar refractivity (Wildman–Crippen MR) is 214 cm³/mol. The van der Waals surface area contributed by atoms with Gasteiger partial charge in [0.05, 0.1) is 34.8 Å². The molecule has 1 saturated carbocycles. The molecule has 4 heterocycles. The second-order valence-electron chi connectivity index (χ2n) is 17.3. The maximum atomic E-state index is 16.0. The van der Waals surface area contributed by atoms with Gasteiger partial charge in [-0.1, -0.05) is 39.3 Å². The summed E-state index contributed by atoms with van der Waals surface area (Å²) in [4.78, 5) is 70.9. The summed E-state index contributed by atoms with van der Waals surface area (Å²) in [5.74, 6) is -1.85. The van der Waals surface area contributed by atoms with Crippen LogP contribution in [-0.2, 0) is 9.59 Å². The summed E-state index contributed by atoms with van der Waals surface area (Å²) in [5, 5.41) is 15.0. The van der Waals surface area contributed by atoms with Crippen molar-refractivity contribution in [1.82, 2.24) is 20.4 Å². The highest BCUT2D eigenvalue weighted by Gasteiger charge is 2.64. The number of piperidine rings is 1. The van der Waals surface area contributed by atoms with Crippen molar-refractivity contribution in [3.8, 4) is 11.8 Å². The van der Waals surface area contributed by atoms with E-state index in [-0.39, 0.29) is 72.5 Å². The van der Waals surface area contributed by atoms with Crippen LogP contribution in [0.4, 0.5) is 15.8 Å². The fraction of sp³-hybridized carbons (Fsp3) is 0.442. The highest BCUT2D eigenvalue weighted by atomic mass is 35.5. The molecule has 3 aromatic rings. The van der Waals surface area contributed by atoms with Gasteiger partial charge in [-0.15, -0.1) is 0 Å². The first-order valence-electron chi connectivity index (χ1n) is 19.5. The number of alkyl halides is 1. The van der Waals surface area contributed by atoms with E-state index in [1.165, 1.54) is 0 Å². The van der Waals surface area contributed by atoms with Crippen LogP contribution in [0, 0.1) is 22.2 Å². The molecule has 0 aromatic heterocycles. The van der Waals surface area contributed by atoms with Crippen LogP contribution < -0.4 is 25.2 Å². The lowest BCUT2D eigenvalue weighted by Crippen LogP contribution is -2.74. The van der Waals surface area contributed by atoms with Crippen LogP contribution in [0.1, 0.15) is 77.2 Å². The summed E-state index contributed by atoms with van der Waals surface area (Å²) >= 11 is 6.24. The van der Waals surface area contributed by atoms with Gasteiger partial charge in [-0.2, -0.15) is 5.26 Å². The third-order valence-electron chi connectivity index (χ3n) is 12.5. The zero-order valence-corrected chi connectivity index (χ0v) is 33.6. The van der Waals surface area contributed by atoms with Crippen molar-refractivity contribution in [3.05, 3.63) is 87.9 Å². The molecule has 1 aliphatic carbocycles. The molecule has 5 aliphatic rings. The van der Waals surface area contributed by atoms with Gasteiger partial charge in [0.15, 0.2) is 5.67 Å². The number of carbonyl (C=O) groups excluding carboxylic acids is 5. The Labute approximate surface area is 341 Å². The van der Waals surface area contributed by atoms with Gasteiger partial charge < -0.3 is 19.9 Å². The number of benzene rings is 3. The Kier molecular flexibility index (Phi) is 9.75. The number of nitrogens with one attached hydrogen (secondary N) is 2. The number of halogens is 2. The SMILES string of the molecule is CC1(C)[C@H](NC(=O)c2ccc(N3CCN(CC4(F)CN(c5ccc6c(c5)C(=O)N(C5CCC(=O)NC5=O)C6=O)C4)CC3)cc2)C(C)(C)[C@H]1Oc1ccc(C#N)c(Cl)c1. The maximum absolute atomic E-state index is 16.0. The van der Waals surface area contributed by atoms with Crippen LogP contribution in [0.5, 0.6) is 5.75 Å². The number of hydrogen-bond donors (Lipinski definition) is 2. The minimum absolute atomic E-state index is 0.0436. The third kappa shape index (κ3) is 6.83. The number of nitriles is 1. The first-order chi connectivity index (χ1) is 27.5. The number of ether oxygens (including phenoxy) is 1. The molecule has 0 spiro atoms. The number of carbonyl (C=O) groups is 5. The number of hydrogen-bond acceptors (Lipinski definition) is 10. The zero-order valence-electron chi connectivity index (χ0n) is 32.8. The van der Waals surface area contributed by atoms with Crippen LogP contribution in [0.25, 0.3) is 0 Å². The van der Waals surface area contributed by atoms with Gasteiger partial charge in [0.2, 0.25) is 11.8 Å². The van der Waals surface area contributed by atoms with Crippen LogP contribution in [0.15, 0.2) is 60.7 Å². The Morgan fingerprint density at radius 1 is 0.897 bits per heavy atom. The van der Waals surface area contributed by atoms with E-state index >= 15 is 4.39 Å². The summed E-state index contributed by atoms with van der Waals surface area (Å²) in [5.41, 5.74) is 0.698. The van der Waals surface area contributed by atoms with Crippen molar-refractivity contribution in [2.24, 2.45) is 10.8 Å². The molecule has 2 N–H and O–H groups in total. The summed E-state index contributed by atoms with van der Waals surface area (Å²) in [6, 6.07) is 18.3. The number of imide groups is 2. The molecule has 4 aliphatic heterocycles. The van der Waals surface area contributed by atoms with Gasteiger partial charge in [0, 0.05) is 79.0 Å². The van der Waals surface area contributed by atoms with Gasteiger partial charge in [-0.3, -0.25) is 39.1 Å². The second kappa shape index (κ2) is 14.4. The number of anilines is 2. The average molecular weight is 810 g/mol. The summed E-state index contributed by atoms with van der Waals surface area (Å²) < 4.78 is 22.3. The molecule has 3 aromatic carbocycles. The number of rotatable bonds is 9. The Morgan fingerprint density at radius 2 is 1.55 bits per heavy atom. The van der Waals surface area contributed by atoms with E-state index in [1.54, 1.807) is 36.4 Å². The second-order valence-corrected chi connectivity index (χ2v) is 17.7. The van der Waals surface area contributed by atoms with Crippen molar-refractivity contribution < 1.29 is 33.1 Å². The van der Waals surface area contributed by atoms with E-state index in [0.717, 1.165) is 10.6 Å². The quantitative estimate of drug-likeness (QED) is 0.294. The largest absolute Gasteiger partial charge is 0.489 e. The third-order valence-corrected chi connectivity index (χ3v) is 12.9. The lowest BCUT2D eigenvalue weighted by Gasteiger charge is -2.63. The first-order valence-corrected chi connectivity index (χ1v) is 19.9. The number of amides is 5. The molecule has 1 unspecified atom stereocenters. The molecule has 4 fully saturated rings. The summed E-state index contributed by atoms with van der Waals surface area (Å²) in [7, 11) is 0. The molecule has 8 rings (SSSR count). The first kappa shape index (κ1) is 39.3. The number of nitrogens with zero attached hydrogens (tertiary/aromatic N) is 5. The standard InChI is InChI=1S/C43H45ClFN7O6/c1-41(2)39(42(3,4)40(41)58-29-11-7-26(21-46)32(44)20-29)48-35(54)25-5-8-27(9-6-25)50-17-15-49(16-18-50)22-43(45)23-51(24-43)28-10-12-30-31(19-28)38(57)52(37(30)56)33-13-14-34(53)47-36(33)55/h5-12,19-20,33,39-40H,13-18,22-24H2,1-4H3,(H,48,54)(H,47,53,55)/t33?,39-,40-. The van der Waals surface area contributed by atoms with Crippen molar-refractivity contribution in [3.63, 3.8) is 0 Å². The van der Waals surface area contributed by atoms with Crippen LogP contribution >= 0.6 is 11.6 Å². The number of fused-ring (bicyclic) bond motifs is 1. The van der Waals surface area contributed by atoms with Crippen LogP contribution in [0.2, 0.25) is 5.02 Å². The topological polar surface area (TPSA) is 155 Å². The average Bonchev–Trinajstić information content (AvgIpc) is 3.43. The van der Waals surface area contributed by atoms with Gasteiger partial charge in [0.25, 0.3) is 17.7 Å². The summed E-state index contributed by atoms with van der Waals surface area (Å²) in [6.07, 6.45) is -0.0879. The van der Waals surface area contributed by atoms with Gasteiger partial charge in [0.1, 0.15) is 24.0 Å². The van der Waals surface area contributed by atoms with Crippen molar-refractivity contribution >= 4 is 52.5 Å². The zero-order chi connectivity index (χ0) is 41.3. The fourth-order valence-corrected chi connectivity index (χ4v) is 9.99. The monoisotopic (exact) mass is 809 g/mol. The van der Waals surface area contributed by atoms with Crippen molar-refractivity contribution in [1.29, 1.82) is 5.26 Å². The van der Waals surface area contributed by atoms with Crippen LogP contribution in [0.3, 0.4) is 0 Å². The van der Waals surface area contributed by atoms with Gasteiger partial charge in [-0.25, -0.2) is 4.39 Å². The van der Waals surface area contributed by atoms with E-state index in [2.05, 4.69) is 54.2 Å². The van der Waals surface area contributed by atoms with Crippen molar-refractivity contribution in [2.45, 2.75) is 64.4 Å². The molecule has 1 atom stereocenters. The minimum atomic E-state index is -1.44. The molecule has 0 radical (unpaired) electrons. The Bertz CT molecular complexity index is 2250. The molecular formula is C43H45ClFN7O6. The Morgan fingerprint density at radius 3 is 2.19 bits per heavy atom. The molecule has 15 heteroatoms. The molecule has 0 bridgehead atoms. The predicted octanol–water partition coefficient (Wildman–Crippen LogP) is 4.58. The van der Waals surface area contributed by atoms with Gasteiger partial charge >= 0.3 is 0 Å². The minimum Gasteiger partial charge on any atom is -0.489 e. The highest BCUT2D eigenvalue weighted by Crippen LogP contribution is 2.55. The van der Waals surface area contributed by atoms with Crippen molar-refractivity contribution in [2.75, 3.05) is 55.6 Å². The van der Waals surface area contributed by atoms with Gasteiger partial charge in [-0.05, 0) is 61.0 Å². The number of piperazine rings is 1. The van der Waals surface area contributed by atoms with E-state index in [1.807, 2.05) is 29.2 Å². The van der Waals surface area contributed by atoms with E-state index in [0.29, 0.717) is 53.8 Å². The Balaban J connectivity index is 0.809. The molecule has 13 nitrogen and oxygen atoms in total. The molecule has 302 valence electrons. The lowest BCUT2D eigenvalue weighted by molar-refractivity contribution is -0.164. The normalized spacial score (nSPS) is 24.6. The highest BCUT2D eigenvalue weighted by molar-refractivity contribution is 6.31. The fourth-order valence-electron chi connectivity index (χ4n) is 9.77. The lowest BCUT2D eigenvalue weighted by atomic mass is 9.49. The molecule has 58 heavy (non-hydrogen) atoms.